The van der Waals surface area contributed by atoms with Crippen LogP contribution >= 0.6 is 23.4 Å². The number of thioether (sulfide) groups is 1. The Bertz CT molecular complexity index is 1060. The Morgan fingerprint density at radius 2 is 2.06 bits per heavy atom. The van der Waals surface area contributed by atoms with E-state index in [1.54, 1.807) is 18.2 Å². The molecule has 1 heterocycles. The fourth-order valence-corrected chi connectivity index (χ4v) is 4.39. The lowest BCUT2D eigenvalue weighted by Crippen LogP contribution is -2.32. The fourth-order valence-electron chi connectivity index (χ4n) is 3.21. The van der Waals surface area contributed by atoms with Gasteiger partial charge in [0.25, 0.3) is 0 Å². The van der Waals surface area contributed by atoms with Crippen molar-refractivity contribution in [2.24, 2.45) is 0 Å². The lowest BCUT2D eigenvalue weighted by Gasteiger charge is -2.25. The van der Waals surface area contributed by atoms with E-state index in [-0.39, 0.29) is 24.0 Å². The number of nitriles is 1. The molecule has 1 atom stereocenters. The Balaban J connectivity index is 1.70. The summed E-state index contributed by atoms with van der Waals surface area (Å²) in [7, 11) is 1.52. The molecule has 160 valence electrons. The second kappa shape index (κ2) is 10.4. The van der Waals surface area contributed by atoms with Crippen LogP contribution in [0.5, 0.6) is 5.75 Å². The van der Waals surface area contributed by atoms with Crippen molar-refractivity contribution in [1.82, 2.24) is 10.6 Å². The Hall–Kier alpha value is -2.95. The molecule has 0 aliphatic carbocycles. The number of carbonyl (C=O) groups excluding carboxylic acids is 2. The quantitative estimate of drug-likeness (QED) is 0.657. The largest absolute Gasteiger partial charge is 0.495 e. The Morgan fingerprint density at radius 3 is 2.71 bits per heavy atom. The maximum Gasteiger partial charge on any atom is 0.230 e. The summed E-state index contributed by atoms with van der Waals surface area (Å²) in [6, 6.07) is 15.3. The molecule has 0 saturated heterocycles. The Morgan fingerprint density at radius 1 is 1.32 bits per heavy atom. The topological polar surface area (TPSA) is 91.2 Å². The van der Waals surface area contributed by atoms with Crippen molar-refractivity contribution >= 4 is 35.2 Å². The van der Waals surface area contributed by atoms with E-state index in [0.717, 1.165) is 28.5 Å². The van der Waals surface area contributed by atoms with Gasteiger partial charge < -0.3 is 15.4 Å². The molecule has 0 saturated carbocycles. The van der Waals surface area contributed by atoms with E-state index in [9.17, 15) is 14.9 Å². The molecule has 2 N–H and O–H groups in total. The summed E-state index contributed by atoms with van der Waals surface area (Å²) in [5.74, 6) is -0.214. The van der Waals surface area contributed by atoms with Crippen LogP contribution < -0.4 is 15.4 Å². The number of allylic oxidation sites excluding steroid dienone is 1. The van der Waals surface area contributed by atoms with Crippen LogP contribution in [0.15, 0.2) is 53.1 Å². The number of rotatable bonds is 7. The number of amides is 2. The van der Waals surface area contributed by atoms with Gasteiger partial charge in [0.1, 0.15) is 5.75 Å². The van der Waals surface area contributed by atoms with Crippen molar-refractivity contribution < 1.29 is 14.3 Å². The van der Waals surface area contributed by atoms with Crippen LogP contribution in [-0.2, 0) is 16.1 Å². The van der Waals surface area contributed by atoms with Gasteiger partial charge in [-0.2, -0.15) is 5.26 Å². The fraction of sp³-hybridized carbons (Fsp3) is 0.261. The molecule has 3 rings (SSSR count). The molecule has 8 heteroatoms. The molecule has 0 fully saturated rings. The minimum absolute atomic E-state index is 0.0861. The van der Waals surface area contributed by atoms with Crippen molar-refractivity contribution in [3.05, 3.63) is 74.8 Å². The van der Waals surface area contributed by atoms with E-state index in [2.05, 4.69) is 16.7 Å². The molecule has 1 aliphatic rings. The average Bonchev–Trinajstić information content (AvgIpc) is 2.76. The van der Waals surface area contributed by atoms with E-state index in [1.165, 1.54) is 7.11 Å². The second-order valence-electron chi connectivity index (χ2n) is 7.10. The van der Waals surface area contributed by atoms with Crippen molar-refractivity contribution in [2.45, 2.75) is 25.8 Å². The maximum atomic E-state index is 12.3. The monoisotopic (exact) mass is 455 g/mol. The third-order valence-electron chi connectivity index (χ3n) is 4.89. The second-order valence-corrected chi connectivity index (χ2v) is 8.50. The standard InChI is InChI=1S/C23H22ClN3O3S/c1-14-3-5-15(6-4-14)12-26-22(29)13-31-23-18(11-25)17(10-21(28)27-23)16-7-8-20(30-2)19(24)9-16/h3-9,17H,10,12-13H2,1-2H3,(H,26,29)(H,27,28)/t17-/m1/s1. The van der Waals surface area contributed by atoms with Gasteiger partial charge in [0.05, 0.1) is 34.6 Å². The molecule has 0 radical (unpaired) electrons. The lowest BCUT2D eigenvalue weighted by atomic mass is 9.87. The highest BCUT2D eigenvalue weighted by molar-refractivity contribution is 8.03. The molecule has 6 nitrogen and oxygen atoms in total. The number of aryl methyl sites for hydroxylation is 1. The molecule has 0 bridgehead atoms. The van der Waals surface area contributed by atoms with Crippen molar-refractivity contribution in [3.63, 3.8) is 0 Å². The normalized spacial score (nSPS) is 15.8. The van der Waals surface area contributed by atoms with Crippen LogP contribution in [0, 0.1) is 18.3 Å². The first kappa shape index (κ1) is 22.7. The van der Waals surface area contributed by atoms with Gasteiger partial charge in [-0.25, -0.2) is 0 Å². The van der Waals surface area contributed by atoms with Gasteiger partial charge in [0, 0.05) is 18.9 Å². The highest BCUT2D eigenvalue weighted by Gasteiger charge is 2.30. The molecular weight excluding hydrogens is 434 g/mol. The summed E-state index contributed by atoms with van der Waals surface area (Å²) in [4.78, 5) is 24.6. The molecule has 0 unspecified atom stereocenters. The molecule has 0 spiro atoms. The number of benzene rings is 2. The number of methoxy groups -OCH3 is 1. The molecular formula is C23H22ClN3O3S. The minimum Gasteiger partial charge on any atom is -0.495 e. The highest BCUT2D eigenvalue weighted by Crippen LogP contribution is 2.38. The van der Waals surface area contributed by atoms with E-state index in [0.29, 0.717) is 27.9 Å². The third kappa shape index (κ3) is 5.81. The van der Waals surface area contributed by atoms with Crippen molar-refractivity contribution in [1.29, 1.82) is 5.26 Å². The van der Waals surface area contributed by atoms with E-state index in [1.807, 2.05) is 31.2 Å². The summed E-state index contributed by atoms with van der Waals surface area (Å²) in [6.07, 6.45) is 0.134. The van der Waals surface area contributed by atoms with Crippen LogP contribution in [0.1, 0.15) is 29.0 Å². The molecule has 1 aliphatic heterocycles. The van der Waals surface area contributed by atoms with Crippen LogP contribution in [-0.4, -0.2) is 24.7 Å². The SMILES string of the molecule is COc1ccc([C@H]2CC(=O)NC(SCC(=O)NCc3ccc(C)cc3)=C2C#N)cc1Cl. The van der Waals surface area contributed by atoms with E-state index < -0.39 is 5.92 Å². The van der Waals surface area contributed by atoms with Gasteiger partial charge in [-0.1, -0.05) is 59.3 Å². The van der Waals surface area contributed by atoms with Crippen LogP contribution in [0.25, 0.3) is 0 Å². The zero-order valence-electron chi connectivity index (χ0n) is 17.2. The molecule has 2 amide bonds. The predicted molar refractivity (Wildman–Crippen MR) is 122 cm³/mol. The number of ether oxygens (including phenoxy) is 1. The minimum atomic E-state index is -0.430. The first-order valence-corrected chi connectivity index (χ1v) is 11.0. The Labute approximate surface area is 190 Å². The van der Waals surface area contributed by atoms with Gasteiger partial charge in [-0.15, -0.1) is 0 Å². The first-order chi connectivity index (χ1) is 14.9. The summed E-state index contributed by atoms with van der Waals surface area (Å²) >= 11 is 7.37. The van der Waals surface area contributed by atoms with Crippen molar-refractivity contribution in [3.8, 4) is 11.8 Å². The summed E-state index contributed by atoms with van der Waals surface area (Å²) in [5.41, 5.74) is 3.32. The van der Waals surface area contributed by atoms with Gasteiger partial charge in [-0.3, -0.25) is 9.59 Å². The summed E-state index contributed by atoms with van der Waals surface area (Å²) < 4.78 is 5.17. The predicted octanol–water partition coefficient (Wildman–Crippen LogP) is 4.05. The molecule has 2 aromatic rings. The number of carbonyl (C=O) groups is 2. The number of nitrogens with one attached hydrogen (secondary N) is 2. The third-order valence-corrected chi connectivity index (χ3v) is 6.20. The zero-order chi connectivity index (χ0) is 22.4. The zero-order valence-corrected chi connectivity index (χ0v) is 18.8. The maximum absolute atomic E-state index is 12.3. The number of nitrogens with zero attached hydrogens (tertiary/aromatic N) is 1. The number of hydrogen-bond donors (Lipinski definition) is 2. The lowest BCUT2D eigenvalue weighted by molar-refractivity contribution is -0.121. The smallest absolute Gasteiger partial charge is 0.230 e. The molecule has 2 aromatic carbocycles. The van der Waals surface area contributed by atoms with Gasteiger partial charge in [-0.05, 0) is 30.2 Å². The number of halogens is 1. The van der Waals surface area contributed by atoms with Crippen LogP contribution in [0.4, 0.5) is 0 Å². The van der Waals surface area contributed by atoms with Gasteiger partial charge >= 0.3 is 0 Å². The summed E-state index contributed by atoms with van der Waals surface area (Å²) in [5, 5.41) is 16.2. The van der Waals surface area contributed by atoms with Gasteiger partial charge in [0.2, 0.25) is 11.8 Å². The number of hydrogen-bond acceptors (Lipinski definition) is 5. The van der Waals surface area contributed by atoms with Crippen LogP contribution in [0.2, 0.25) is 5.02 Å². The highest BCUT2D eigenvalue weighted by atomic mass is 35.5. The van der Waals surface area contributed by atoms with Crippen LogP contribution in [0.3, 0.4) is 0 Å². The average molecular weight is 456 g/mol. The van der Waals surface area contributed by atoms with E-state index in [4.69, 9.17) is 16.3 Å². The summed E-state index contributed by atoms with van der Waals surface area (Å²) in [6.45, 7) is 2.42. The Kier molecular flexibility index (Phi) is 7.61. The first-order valence-electron chi connectivity index (χ1n) is 9.64. The van der Waals surface area contributed by atoms with E-state index >= 15 is 0 Å². The van der Waals surface area contributed by atoms with Gasteiger partial charge in [0.15, 0.2) is 0 Å². The molecule has 31 heavy (non-hydrogen) atoms. The molecule has 0 aromatic heterocycles. The van der Waals surface area contributed by atoms with Crippen molar-refractivity contribution in [2.75, 3.05) is 12.9 Å².